The Morgan fingerprint density at radius 3 is 2.74 bits per heavy atom. The molecule has 0 aromatic carbocycles. The lowest BCUT2D eigenvalue weighted by molar-refractivity contribution is -0.384. The lowest BCUT2D eigenvalue weighted by Gasteiger charge is -2.31. The van der Waals surface area contributed by atoms with Gasteiger partial charge in [-0.05, 0) is 24.8 Å². The number of aliphatic hydroxyl groups is 1. The van der Waals surface area contributed by atoms with Gasteiger partial charge in [0, 0.05) is 32.8 Å². The molecule has 2 heterocycles. The molecule has 0 saturated carbocycles. The summed E-state index contributed by atoms with van der Waals surface area (Å²) in [7, 11) is 1.73. The van der Waals surface area contributed by atoms with E-state index in [-0.39, 0.29) is 12.3 Å². The van der Waals surface area contributed by atoms with E-state index in [2.05, 4.69) is 10.3 Å². The molecule has 2 N–H and O–H groups in total. The number of pyridine rings is 1. The highest BCUT2D eigenvalue weighted by molar-refractivity contribution is 5.61. The molecule has 1 aliphatic heterocycles. The van der Waals surface area contributed by atoms with E-state index in [0.29, 0.717) is 30.6 Å². The first-order chi connectivity index (χ1) is 9.15. The molecule has 0 amide bonds. The van der Waals surface area contributed by atoms with E-state index in [1.54, 1.807) is 13.1 Å². The monoisotopic (exact) mass is 266 g/mol. The van der Waals surface area contributed by atoms with Crippen LogP contribution < -0.4 is 10.2 Å². The van der Waals surface area contributed by atoms with E-state index >= 15 is 0 Å². The van der Waals surface area contributed by atoms with Gasteiger partial charge < -0.3 is 15.3 Å². The summed E-state index contributed by atoms with van der Waals surface area (Å²) in [6.45, 7) is 1.55. The average Bonchev–Trinajstić information content (AvgIpc) is 2.46. The van der Waals surface area contributed by atoms with Gasteiger partial charge in [0.2, 0.25) is 5.82 Å². The molecule has 19 heavy (non-hydrogen) atoms. The lowest BCUT2D eigenvalue weighted by atomic mass is 9.98. The Balaban J connectivity index is 2.24. The van der Waals surface area contributed by atoms with Crippen LogP contribution in [-0.2, 0) is 0 Å². The van der Waals surface area contributed by atoms with Gasteiger partial charge in [-0.25, -0.2) is 4.98 Å². The Hall–Kier alpha value is -1.89. The van der Waals surface area contributed by atoms with E-state index in [0.717, 1.165) is 12.8 Å². The van der Waals surface area contributed by atoms with Gasteiger partial charge in [0.15, 0.2) is 0 Å². The Bertz CT molecular complexity index is 458. The smallest absolute Gasteiger partial charge is 0.311 e. The van der Waals surface area contributed by atoms with Crippen LogP contribution in [0.25, 0.3) is 0 Å². The van der Waals surface area contributed by atoms with Crippen molar-refractivity contribution in [2.75, 3.05) is 37.0 Å². The molecular weight excluding hydrogens is 248 g/mol. The second-order valence-electron chi connectivity index (χ2n) is 4.66. The number of nitrogens with one attached hydrogen (secondary N) is 1. The number of nitro groups is 1. The van der Waals surface area contributed by atoms with Crippen molar-refractivity contribution in [3.05, 3.63) is 22.2 Å². The van der Waals surface area contributed by atoms with Crippen molar-refractivity contribution in [2.24, 2.45) is 5.92 Å². The zero-order valence-electron chi connectivity index (χ0n) is 10.9. The Kier molecular flexibility index (Phi) is 4.16. The summed E-state index contributed by atoms with van der Waals surface area (Å²) < 4.78 is 0. The number of rotatable bonds is 4. The fourth-order valence-corrected chi connectivity index (χ4v) is 2.28. The van der Waals surface area contributed by atoms with E-state index in [1.165, 1.54) is 6.07 Å². The summed E-state index contributed by atoms with van der Waals surface area (Å²) in [6.07, 6.45) is 1.66. The van der Waals surface area contributed by atoms with Crippen molar-refractivity contribution in [3.8, 4) is 0 Å². The topological polar surface area (TPSA) is 91.5 Å². The molecule has 0 spiro atoms. The molecule has 2 rings (SSSR count). The maximum Gasteiger partial charge on any atom is 0.311 e. The molecule has 104 valence electrons. The van der Waals surface area contributed by atoms with Crippen molar-refractivity contribution in [1.82, 2.24) is 4.98 Å². The molecule has 1 aromatic heterocycles. The molecule has 1 aromatic rings. The zero-order chi connectivity index (χ0) is 13.8. The Morgan fingerprint density at radius 2 is 2.21 bits per heavy atom. The van der Waals surface area contributed by atoms with E-state index < -0.39 is 4.92 Å². The van der Waals surface area contributed by atoms with Gasteiger partial charge in [-0.2, -0.15) is 0 Å². The first-order valence-electron chi connectivity index (χ1n) is 6.34. The third-order valence-corrected chi connectivity index (χ3v) is 3.48. The van der Waals surface area contributed by atoms with Crippen molar-refractivity contribution in [1.29, 1.82) is 0 Å². The van der Waals surface area contributed by atoms with Gasteiger partial charge in [-0.3, -0.25) is 10.1 Å². The first-order valence-corrected chi connectivity index (χ1v) is 6.34. The molecule has 1 fully saturated rings. The number of anilines is 2. The van der Waals surface area contributed by atoms with E-state index in [9.17, 15) is 10.1 Å². The largest absolute Gasteiger partial charge is 0.396 e. The SMILES string of the molecule is CNc1ccc([N+](=O)[O-])c(N2CCC(CO)CC2)n1. The van der Waals surface area contributed by atoms with Crippen LogP contribution in [0.1, 0.15) is 12.8 Å². The summed E-state index contributed by atoms with van der Waals surface area (Å²) in [5.74, 6) is 1.32. The van der Waals surface area contributed by atoms with Crippen LogP contribution in [-0.4, -0.2) is 41.8 Å². The van der Waals surface area contributed by atoms with Crippen LogP contribution in [0.2, 0.25) is 0 Å². The number of nitrogens with zero attached hydrogens (tertiary/aromatic N) is 3. The minimum absolute atomic E-state index is 0.0291. The lowest BCUT2D eigenvalue weighted by Crippen LogP contribution is -2.35. The van der Waals surface area contributed by atoms with Gasteiger partial charge in [-0.1, -0.05) is 0 Å². The van der Waals surface area contributed by atoms with Gasteiger partial charge in [-0.15, -0.1) is 0 Å². The van der Waals surface area contributed by atoms with Gasteiger partial charge in [0.25, 0.3) is 0 Å². The fourth-order valence-electron chi connectivity index (χ4n) is 2.28. The van der Waals surface area contributed by atoms with Crippen LogP contribution in [0, 0.1) is 16.0 Å². The molecule has 0 atom stereocenters. The van der Waals surface area contributed by atoms with Crippen LogP contribution >= 0.6 is 0 Å². The third kappa shape index (κ3) is 2.93. The fraction of sp³-hybridized carbons (Fsp3) is 0.583. The van der Waals surface area contributed by atoms with Crippen molar-refractivity contribution in [3.63, 3.8) is 0 Å². The van der Waals surface area contributed by atoms with Crippen LogP contribution in [0.15, 0.2) is 12.1 Å². The number of piperidine rings is 1. The molecule has 0 bridgehead atoms. The molecular formula is C12H18N4O3. The first kappa shape index (κ1) is 13.5. The highest BCUT2D eigenvalue weighted by atomic mass is 16.6. The quantitative estimate of drug-likeness (QED) is 0.629. The van der Waals surface area contributed by atoms with E-state index in [4.69, 9.17) is 5.11 Å². The Morgan fingerprint density at radius 1 is 1.53 bits per heavy atom. The predicted molar refractivity (Wildman–Crippen MR) is 72.5 cm³/mol. The Labute approximate surface area is 111 Å². The second-order valence-corrected chi connectivity index (χ2v) is 4.66. The molecule has 7 nitrogen and oxygen atoms in total. The van der Waals surface area contributed by atoms with Crippen LogP contribution in [0.4, 0.5) is 17.3 Å². The van der Waals surface area contributed by atoms with E-state index in [1.807, 2.05) is 4.90 Å². The maximum absolute atomic E-state index is 11.1. The highest BCUT2D eigenvalue weighted by Gasteiger charge is 2.26. The average molecular weight is 266 g/mol. The standard InChI is InChI=1S/C12H18N4O3/c1-13-11-3-2-10(16(18)19)12(14-11)15-6-4-9(8-17)5-7-15/h2-3,9,17H,4-8H2,1H3,(H,13,14). The molecule has 0 aliphatic carbocycles. The second kappa shape index (κ2) is 5.83. The number of aliphatic hydroxyl groups excluding tert-OH is 1. The van der Waals surface area contributed by atoms with Crippen LogP contribution in [0.5, 0.6) is 0 Å². The minimum atomic E-state index is -0.403. The zero-order valence-corrected chi connectivity index (χ0v) is 10.9. The predicted octanol–water partition coefficient (Wildman–Crippen LogP) is 1.24. The maximum atomic E-state index is 11.1. The molecule has 1 aliphatic rings. The third-order valence-electron chi connectivity index (χ3n) is 3.48. The molecule has 0 radical (unpaired) electrons. The normalized spacial score (nSPS) is 16.4. The summed E-state index contributed by atoms with van der Waals surface area (Å²) >= 11 is 0. The number of aromatic nitrogens is 1. The highest BCUT2D eigenvalue weighted by Crippen LogP contribution is 2.30. The molecule has 1 saturated heterocycles. The van der Waals surface area contributed by atoms with Crippen molar-refractivity contribution < 1.29 is 10.0 Å². The number of hydrogen-bond donors (Lipinski definition) is 2. The van der Waals surface area contributed by atoms with Gasteiger partial charge >= 0.3 is 5.69 Å². The van der Waals surface area contributed by atoms with Crippen molar-refractivity contribution >= 4 is 17.3 Å². The van der Waals surface area contributed by atoms with Gasteiger partial charge in [0.1, 0.15) is 5.82 Å². The molecule has 0 unspecified atom stereocenters. The summed E-state index contributed by atoms with van der Waals surface area (Å²) in [5.41, 5.74) is 0.0291. The summed E-state index contributed by atoms with van der Waals surface area (Å²) in [4.78, 5) is 16.9. The van der Waals surface area contributed by atoms with Crippen LogP contribution in [0.3, 0.4) is 0 Å². The van der Waals surface area contributed by atoms with Gasteiger partial charge in [0.05, 0.1) is 4.92 Å². The van der Waals surface area contributed by atoms with Crippen molar-refractivity contribution in [2.45, 2.75) is 12.8 Å². The summed E-state index contributed by atoms with van der Waals surface area (Å²) in [6, 6.07) is 3.08. The minimum Gasteiger partial charge on any atom is -0.396 e. The molecule has 7 heteroatoms. The number of hydrogen-bond acceptors (Lipinski definition) is 6. The summed E-state index contributed by atoms with van der Waals surface area (Å²) in [5, 5.41) is 23.1.